The summed E-state index contributed by atoms with van der Waals surface area (Å²) in [7, 11) is 3.30. The van der Waals surface area contributed by atoms with Gasteiger partial charge in [-0.25, -0.2) is 4.68 Å². The number of aromatic nitrogens is 2. The van der Waals surface area contributed by atoms with Crippen molar-refractivity contribution in [2.75, 3.05) is 20.8 Å². The molecule has 0 aliphatic heterocycles. The predicted octanol–water partition coefficient (Wildman–Crippen LogP) is 1.70. The van der Waals surface area contributed by atoms with Gasteiger partial charge < -0.3 is 15.2 Å². The van der Waals surface area contributed by atoms with Crippen molar-refractivity contribution in [3.63, 3.8) is 0 Å². The molecule has 0 bridgehead atoms. The molecule has 2 rings (SSSR count). The van der Waals surface area contributed by atoms with Crippen molar-refractivity contribution in [1.82, 2.24) is 9.78 Å². The number of rotatable bonds is 5. The summed E-state index contributed by atoms with van der Waals surface area (Å²) in [6.45, 7) is 2.54. The summed E-state index contributed by atoms with van der Waals surface area (Å²) in [5, 5.41) is 4.52. The average molecular weight is 261 g/mol. The standard InChI is InChI=1S/C14H19N3O2/c1-10-13(8-9-15)14(19-3)17(16-10)11-4-6-12(18-2)7-5-11/h4-7H,8-9,15H2,1-3H3. The number of methoxy groups -OCH3 is 2. The first-order valence-electron chi connectivity index (χ1n) is 6.18. The smallest absolute Gasteiger partial charge is 0.219 e. The molecule has 0 radical (unpaired) electrons. The molecule has 0 fully saturated rings. The van der Waals surface area contributed by atoms with Gasteiger partial charge in [0, 0.05) is 5.56 Å². The van der Waals surface area contributed by atoms with Crippen LogP contribution in [-0.2, 0) is 6.42 Å². The summed E-state index contributed by atoms with van der Waals surface area (Å²) in [5.41, 5.74) is 8.56. The fourth-order valence-electron chi connectivity index (χ4n) is 2.08. The number of ether oxygens (including phenoxy) is 2. The minimum absolute atomic E-state index is 0.575. The Hall–Kier alpha value is -2.01. The van der Waals surface area contributed by atoms with E-state index in [0.717, 1.165) is 35.0 Å². The Labute approximate surface area is 112 Å². The van der Waals surface area contributed by atoms with Crippen LogP contribution in [0.1, 0.15) is 11.3 Å². The summed E-state index contributed by atoms with van der Waals surface area (Å²) >= 11 is 0. The molecule has 0 saturated heterocycles. The second-order valence-electron chi connectivity index (χ2n) is 4.22. The van der Waals surface area contributed by atoms with Crippen molar-refractivity contribution < 1.29 is 9.47 Å². The van der Waals surface area contributed by atoms with Crippen LogP contribution < -0.4 is 15.2 Å². The highest BCUT2D eigenvalue weighted by Crippen LogP contribution is 2.26. The second kappa shape index (κ2) is 5.75. The van der Waals surface area contributed by atoms with E-state index in [1.165, 1.54) is 0 Å². The zero-order valence-corrected chi connectivity index (χ0v) is 11.5. The van der Waals surface area contributed by atoms with Crippen molar-refractivity contribution >= 4 is 0 Å². The van der Waals surface area contributed by atoms with Crippen LogP contribution in [0.2, 0.25) is 0 Å². The Bertz CT molecular complexity index is 547. The maximum absolute atomic E-state index is 5.63. The molecule has 1 aromatic heterocycles. The lowest BCUT2D eigenvalue weighted by Gasteiger charge is -2.08. The normalized spacial score (nSPS) is 10.5. The number of benzene rings is 1. The van der Waals surface area contributed by atoms with Gasteiger partial charge in [0.25, 0.3) is 0 Å². The lowest BCUT2D eigenvalue weighted by atomic mass is 10.2. The van der Waals surface area contributed by atoms with E-state index in [1.54, 1.807) is 18.9 Å². The highest BCUT2D eigenvalue weighted by atomic mass is 16.5. The summed E-state index contributed by atoms with van der Waals surface area (Å²) in [5.74, 6) is 1.56. The van der Waals surface area contributed by atoms with Crippen LogP contribution in [-0.4, -0.2) is 30.5 Å². The molecule has 102 valence electrons. The van der Waals surface area contributed by atoms with Crippen LogP contribution in [0.25, 0.3) is 5.69 Å². The summed E-state index contributed by atoms with van der Waals surface area (Å²) in [4.78, 5) is 0. The lowest BCUT2D eigenvalue weighted by molar-refractivity contribution is 0.379. The van der Waals surface area contributed by atoms with Crippen molar-refractivity contribution in [1.29, 1.82) is 0 Å². The predicted molar refractivity (Wildman–Crippen MR) is 74.2 cm³/mol. The zero-order chi connectivity index (χ0) is 13.8. The Morgan fingerprint density at radius 2 is 1.84 bits per heavy atom. The number of hydrogen-bond acceptors (Lipinski definition) is 4. The Balaban J connectivity index is 2.45. The van der Waals surface area contributed by atoms with E-state index in [0.29, 0.717) is 6.54 Å². The largest absolute Gasteiger partial charge is 0.497 e. The first kappa shape index (κ1) is 13.4. The molecule has 2 aromatic rings. The van der Waals surface area contributed by atoms with Crippen molar-refractivity contribution in [3.05, 3.63) is 35.5 Å². The number of hydrogen-bond donors (Lipinski definition) is 1. The molecule has 19 heavy (non-hydrogen) atoms. The van der Waals surface area contributed by atoms with E-state index in [2.05, 4.69) is 5.10 Å². The average Bonchev–Trinajstić information content (AvgIpc) is 2.76. The first-order valence-corrected chi connectivity index (χ1v) is 6.18. The van der Waals surface area contributed by atoms with Crippen molar-refractivity contribution in [2.24, 2.45) is 5.73 Å². The molecule has 2 N–H and O–H groups in total. The van der Waals surface area contributed by atoms with E-state index < -0.39 is 0 Å². The molecule has 0 unspecified atom stereocenters. The first-order chi connectivity index (χ1) is 9.21. The molecule has 0 aliphatic carbocycles. The summed E-state index contributed by atoms with van der Waals surface area (Å²) in [6.07, 6.45) is 0.755. The molecule has 0 saturated carbocycles. The third kappa shape index (κ3) is 2.56. The summed E-state index contributed by atoms with van der Waals surface area (Å²) in [6, 6.07) is 7.68. The Morgan fingerprint density at radius 3 is 2.37 bits per heavy atom. The highest BCUT2D eigenvalue weighted by Gasteiger charge is 2.16. The quantitative estimate of drug-likeness (QED) is 0.889. The molecule has 1 heterocycles. The fourth-order valence-corrected chi connectivity index (χ4v) is 2.08. The van der Waals surface area contributed by atoms with Gasteiger partial charge >= 0.3 is 0 Å². The third-order valence-corrected chi connectivity index (χ3v) is 3.04. The Morgan fingerprint density at radius 1 is 1.16 bits per heavy atom. The van der Waals surface area contributed by atoms with Gasteiger partial charge in [-0.15, -0.1) is 0 Å². The van der Waals surface area contributed by atoms with Crippen LogP contribution in [0.4, 0.5) is 0 Å². The molecular formula is C14H19N3O2. The maximum atomic E-state index is 5.63. The van der Waals surface area contributed by atoms with E-state index in [4.69, 9.17) is 15.2 Å². The van der Waals surface area contributed by atoms with Gasteiger partial charge in [0.05, 0.1) is 25.6 Å². The van der Waals surface area contributed by atoms with Gasteiger partial charge in [0.2, 0.25) is 5.88 Å². The van der Waals surface area contributed by atoms with Gasteiger partial charge in [0.1, 0.15) is 5.75 Å². The molecule has 0 amide bonds. The molecule has 5 nitrogen and oxygen atoms in total. The van der Waals surface area contributed by atoms with Crippen molar-refractivity contribution in [2.45, 2.75) is 13.3 Å². The lowest BCUT2D eigenvalue weighted by Crippen LogP contribution is -2.05. The van der Waals surface area contributed by atoms with Gasteiger partial charge in [-0.3, -0.25) is 0 Å². The molecular weight excluding hydrogens is 242 g/mol. The number of nitrogens with two attached hydrogens (primary N) is 1. The fraction of sp³-hybridized carbons (Fsp3) is 0.357. The number of nitrogens with zero attached hydrogens (tertiary/aromatic N) is 2. The third-order valence-electron chi connectivity index (χ3n) is 3.04. The van der Waals surface area contributed by atoms with Crippen LogP contribution in [0.3, 0.4) is 0 Å². The van der Waals surface area contributed by atoms with E-state index in [1.807, 2.05) is 31.2 Å². The Kier molecular flexibility index (Phi) is 4.06. The SMILES string of the molecule is COc1ccc(-n2nc(C)c(CCN)c2OC)cc1. The molecule has 1 aromatic carbocycles. The maximum Gasteiger partial charge on any atom is 0.219 e. The van der Waals surface area contributed by atoms with E-state index >= 15 is 0 Å². The van der Waals surface area contributed by atoms with Gasteiger partial charge in [-0.2, -0.15) is 5.10 Å². The number of aryl methyl sites for hydroxylation is 1. The van der Waals surface area contributed by atoms with Crippen LogP contribution in [0, 0.1) is 6.92 Å². The van der Waals surface area contributed by atoms with Crippen LogP contribution >= 0.6 is 0 Å². The van der Waals surface area contributed by atoms with Gasteiger partial charge in [-0.1, -0.05) is 0 Å². The van der Waals surface area contributed by atoms with Gasteiger partial charge in [0.15, 0.2) is 0 Å². The monoisotopic (exact) mass is 261 g/mol. The minimum atomic E-state index is 0.575. The van der Waals surface area contributed by atoms with Gasteiger partial charge in [-0.05, 0) is 44.2 Å². The van der Waals surface area contributed by atoms with Crippen LogP contribution in [0.15, 0.2) is 24.3 Å². The minimum Gasteiger partial charge on any atom is -0.497 e. The summed E-state index contributed by atoms with van der Waals surface area (Å²) < 4.78 is 12.4. The molecule has 0 spiro atoms. The van der Waals surface area contributed by atoms with E-state index in [9.17, 15) is 0 Å². The van der Waals surface area contributed by atoms with E-state index in [-0.39, 0.29) is 0 Å². The molecule has 0 aliphatic rings. The second-order valence-corrected chi connectivity index (χ2v) is 4.22. The zero-order valence-electron chi connectivity index (χ0n) is 11.5. The molecule has 0 atom stereocenters. The van der Waals surface area contributed by atoms with Crippen LogP contribution in [0.5, 0.6) is 11.6 Å². The topological polar surface area (TPSA) is 62.3 Å². The van der Waals surface area contributed by atoms with Crippen molar-refractivity contribution in [3.8, 4) is 17.3 Å². The highest BCUT2D eigenvalue weighted by molar-refractivity contribution is 5.43. The molecule has 5 heteroatoms.